The average molecular weight is 464 g/mol. The van der Waals surface area contributed by atoms with E-state index >= 15 is 4.39 Å². The number of rotatable bonds is 3. The topological polar surface area (TPSA) is 149 Å². The summed E-state index contributed by atoms with van der Waals surface area (Å²) in [5.41, 5.74) is 4.99. The molecular formula is C23H21FN6O4. The Morgan fingerprint density at radius 3 is 2.71 bits per heavy atom. The van der Waals surface area contributed by atoms with Crippen LogP contribution < -0.4 is 11.1 Å². The van der Waals surface area contributed by atoms with E-state index in [0.717, 1.165) is 5.56 Å². The van der Waals surface area contributed by atoms with Gasteiger partial charge in [-0.3, -0.25) is 9.59 Å². The number of nitrogens with one attached hydrogen (secondary N) is 1. The molecule has 1 atom stereocenters. The molecule has 6 rings (SSSR count). The first-order valence-corrected chi connectivity index (χ1v) is 10.6. The van der Waals surface area contributed by atoms with Gasteiger partial charge in [-0.2, -0.15) is 4.98 Å². The Kier molecular flexibility index (Phi) is 4.80. The lowest BCUT2D eigenvalue weighted by Crippen LogP contribution is -2.30. The highest BCUT2D eigenvalue weighted by molar-refractivity contribution is 6.05. The van der Waals surface area contributed by atoms with Crippen molar-refractivity contribution in [1.82, 2.24) is 25.0 Å². The molecule has 11 heteroatoms. The van der Waals surface area contributed by atoms with Gasteiger partial charge < -0.3 is 25.2 Å². The third-order valence-corrected chi connectivity index (χ3v) is 6.29. The number of halogens is 1. The van der Waals surface area contributed by atoms with Crippen molar-refractivity contribution in [2.24, 2.45) is 5.73 Å². The summed E-state index contributed by atoms with van der Waals surface area (Å²) >= 11 is 0. The van der Waals surface area contributed by atoms with Crippen molar-refractivity contribution in [2.75, 3.05) is 7.05 Å². The lowest BCUT2D eigenvalue weighted by molar-refractivity contribution is 0.0928. The van der Waals surface area contributed by atoms with Crippen molar-refractivity contribution in [1.29, 1.82) is 0 Å². The Morgan fingerprint density at radius 2 is 2.09 bits per heavy atom. The van der Waals surface area contributed by atoms with Gasteiger partial charge in [-0.1, -0.05) is 17.0 Å². The number of hydrogen-bond donors (Lipinski definition) is 3. The fourth-order valence-electron chi connectivity index (χ4n) is 4.50. The molecule has 2 aliphatic heterocycles. The molecule has 3 aromatic rings. The molecule has 34 heavy (non-hydrogen) atoms. The van der Waals surface area contributed by atoms with Gasteiger partial charge in [0.25, 0.3) is 11.8 Å². The number of amides is 2. The van der Waals surface area contributed by atoms with E-state index in [1.165, 1.54) is 26.1 Å². The zero-order chi connectivity index (χ0) is 24.4. The normalized spacial score (nSPS) is 19.4. The predicted octanol–water partition coefficient (Wildman–Crippen LogP) is 1.53. The number of primary amides is 1. The van der Waals surface area contributed by atoms with E-state index in [2.05, 4.69) is 32.3 Å². The summed E-state index contributed by atoms with van der Waals surface area (Å²) in [4.78, 5) is 33.1. The van der Waals surface area contributed by atoms with E-state index in [-0.39, 0.29) is 40.6 Å². The van der Waals surface area contributed by atoms with E-state index in [1.54, 1.807) is 11.5 Å². The molecule has 1 aliphatic carbocycles. The van der Waals surface area contributed by atoms with Crippen LogP contribution in [0.1, 0.15) is 75.5 Å². The van der Waals surface area contributed by atoms with Crippen molar-refractivity contribution in [3.8, 4) is 23.2 Å². The van der Waals surface area contributed by atoms with Gasteiger partial charge in [-0.15, -0.1) is 0 Å². The van der Waals surface area contributed by atoms with Crippen LogP contribution in [0.15, 0.2) is 16.7 Å². The molecule has 1 fully saturated rings. The van der Waals surface area contributed by atoms with E-state index in [1.807, 2.05) is 0 Å². The second-order valence-electron chi connectivity index (χ2n) is 8.65. The van der Waals surface area contributed by atoms with Gasteiger partial charge in [0.1, 0.15) is 17.3 Å². The van der Waals surface area contributed by atoms with Crippen LogP contribution >= 0.6 is 0 Å². The quantitative estimate of drug-likeness (QED) is 0.498. The third kappa shape index (κ3) is 3.26. The minimum atomic E-state index is -1.78. The maximum absolute atomic E-state index is 15.1. The molecule has 174 valence electrons. The van der Waals surface area contributed by atoms with Crippen molar-refractivity contribution >= 4 is 11.8 Å². The van der Waals surface area contributed by atoms with Crippen LogP contribution in [0.2, 0.25) is 0 Å². The van der Waals surface area contributed by atoms with Crippen LogP contribution in [0.4, 0.5) is 4.39 Å². The summed E-state index contributed by atoms with van der Waals surface area (Å²) in [7, 11) is 1.46. The van der Waals surface area contributed by atoms with Crippen molar-refractivity contribution in [3.05, 3.63) is 52.2 Å². The third-order valence-electron chi connectivity index (χ3n) is 6.29. The maximum atomic E-state index is 15.1. The highest BCUT2D eigenvalue weighted by Gasteiger charge is 2.42. The molecule has 0 spiro atoms. The lowest BCUT2D eigenvalue weighted by atomic mass is 9.75. The Labute approximate surface area is 193 Å². The summed E-state index contributed by atoms with van der Waals surface area (Å²) < 4.78 is 21.7. The molecule has 1 unspecified atom stereocenters. The monoisotopic (exact) mass is 464 g/mol. The van der Waals surface area contributed by atoms with Gasteiger partial charge in [0, 0.05) is 25.6 Å². The molecule has 4 N–H and O–H groups in total. The summed E-state index contributed by atoms with van der Waals surface area (Å²) in [6, 6.07) is 2.86. The first kappa shape index (κ1) is 21.8. The summed E-state index contributed by atoms with van der Waals surface area (Å²) in [6.07, 6.45) is 1.35. The summed E-state index contributed by atoms with van der Waals surface area (Å²) in [5.74, 6) is 4.05. The van der Waals surface area contributed by atoms with Crippen molar-refractivity contribution < 1.29 is 23.6 Å². The van der Waals surface area contributed by atoms with Gasteiger partial charge in [-0.25, -0.2) is 9.37 Å². The van der Waals surface area contributed by atoms with E-state index in [9.17, 15) is 14.7 Å². The molecule has 2 amide bonds. The Hall–Kier alpha value is -4.04. The van der Waals surface area contributed by atoms with Gasteiger partial charge >= 0.3 is 0 Å². The molecule has 1 aromatic carbocycles. The molecule has 2 aromatic heterocycles. The highest BCUT2D eigenvalue weighted by Crippen LogP contribution is 2.53. The summed E-state index contributed by atoms with van der Waals surface area (Å²) in [5, 5.41) is 16.8. The van der Waals surface area contributed by atoms with E-state index in [4.69, 9.17) is 10.3 Å². The van der Waals surface area contributed by atoms with Crippen LogP contribution in [0, 0.1) is 24.6 Å². The second-order valence-corrected chi connectivity index (χ2v) is 8.65. The number of aromatic nitrogens is 4. The Morgan fingerprint density at radius 1 is 1.35 bits per heavy atom. The number of aliphatic hydroxyl groups is 1. The van der Waals surface area contributed by atoms with Crippen LogP contribution in [0.3, 0.4) is 0 Å². The molecule has 10 nitrogen and oxygen atoms in total. The predicted molar refractivity (Wildman–Crippen MR) is 116 cm³/mol. The van der Waals surface area contributed by atoms with Crippen LogP contribution in [0.25, 0.3) is 11.4 Å². The molecule has 3 aliphatic rings. The summed E-state index contributed by atoms with van der Waals surface area (Å²) in [6.45, 7) is 2.95. The molecule has 2 bridgehead atoms. The minimum absolute atomic E-state index is 0.00927. The zero-order valence-corrected chi connectivity index (χ0v) is 18.6. The molecular weight excluding hydrogens is 443 g/mol. The minimum Gasteiger partial charge on any atom is -0.371 e. The SMILES string of the molecule is CNC(=O)c1c(C(N)=O)nc2n1C1CC(C1)c1cc(F)c(C#CC(C)(O)c3noc(C)n3)cc1-2. The maximum Gasteiger partial charge on any atom is 0.270 e. The fourth-order valence-corrected chi connectivity index (χ4v) is 4.50. The standard InChI is InChI=1S/C23H21FN6O4/c1-10-27-22(29-34-10)23(2,33)5-4-11-8-15-14(9-16(11)24)12-6-13(7-12)30-18(21(32)26-3)17(19(25)31)28-20(15)30/h8-9,12-13,33H,6-7H2,1-3H3,(H2,25,31)(H,26,32). The lowest BCUT2D eigenvalue weighted by Gasteiger charge is -2.35. The number of nitrogens with zero attached hydrogens (tertiary/aromatic N) is 4. The van der Waals surface area contributed by atoms with Gasteiger partial charge in [-0.05, 0) is 43.4 Å². The van der Waals surface area contributed by atoms with Crippen LogP contribution in [-0.4, -0.2) is 43.7 Å². The van der Waals surface area contributed by atoms with Crippen LogP contribution in [0.5, 0.6) is 0 Å². The Balaban J connectivity index is 1.67. The van der Waals surface area contributed by atoms with Gasteiger partial charge in [0.05, 0.1) is 5.56 Å². The number of aryl methyl sites for hydroxylation is 1. The van der Waals surface area contributed by atoms with Gasteiger partial charge in [0.2, 0.25) is 11.7 Å². The number of carbonyl (C=O) groups excluding carboxylic acids is 2. The van der Waals surface area contributed by atoms with Crippen molar-refractivity contribution in [2.45, 2.75) is 44.2 Å². The van der Waals surface area contributed by atoms with Crippen LogP contribution in [-0.2, 0) is 5.60 Å². The second kappa shape index (κ2) is 7.50. The molecule has 4 heterocycles. The Bertz CT molecular complexity index is 1420. The number of nitrogens with two attached hydrogens (primary N) is 1. The highest BCUT2D eigenvalue weighted by atomic mass is 19.1. The largest absolute Gasteiger partial charge is 0.371 e. The van der Waals surface area contributed by atoms with Crippen molar-refractivity contribution in [3.63, 3.8) is 0 Å². The van der Waals surface area contributed by atoms with E-state index in [0.29, 0.717) is 24.2 Å². The number of imidazole rings is 1. The average Bonchev–Trinajstić information content (AvgIpc) is 3.31. The number of benzene rings is 1. The van der Waals surface area contributed by atoms with E-state index < -0.39 is 23.2 Å². The zero-order valence-electron chi connectivity index (χ0n) is 18.6. The fraction of sp³-hybridized carbons (Fsp3) is 0.348. The van der Waals surface area contributed by atoms with Gasteiger partial charge in [0.15, 0.2) is 11.3 Å². The first-order chi connectivity index (χ1) is 16.1. The molecule has 1 saturated carbocycles. The smallest absolute Gasteiger partial charge is 0.270 e. The molecule has 0 saturated heterocycles. The number of carbonyl (C=O) groups is 2. The molecule has 0 radical (unpaired) electrons. The first-order valence-electron chi connectivity index (χ1n) is 10.6. The number of hydrogen-bond acceptors (Lipinski definition) is 7.